The topological polar surface area (TPSA) is 43.8 Å². The molecule has 1 amide bonds. The monoisotopic (exact) mass is 318 g/mol. The average Bonchev–Trinajstić information content (AvgIpc) is 2.52. The van der Waals surface area contributed by atoms with Crippen LogP contribution in [0, 0.1) is 0 Å². The molecule has 1 saturated heterocycles. The quantitative estimate of drug-likeness (QED) is 0.907. The van der Waals surface area contributed by atoms with Gasteiger partial charge in [-0.1, -0.05) is 12.1 Å². The molecule has 128 valence electrons. The van der Waals surface area contributed by atoms with E-state index in [-0.39, 0.29) is 5.91 Å². The van der Waals surface area contributed by atoms with Crippen LogP contribution in [0.4, 0.5) is 0 Å². The highest BCUT2D eigenvalue weighted by Gasteiger charge is 2.25. The van der Waals surface area contributed by atoms with Gasteiger partial charge in [0.1, 0.15) is 0 Å². The van der Waals surface area contributed by atoms with Crippen LogP contribution in [0.2, 0.25) is 0 Å². The van der Waals surface area contributed by atoms with Crippen molar-refractivity contribution in [1.29, 1.82) is 0 Å². The number of hydrogen-bond acceptors (Lipinski definition) is 3. The molecule has 1 N–H and O–H groups in total. The Labute approximate surface area is 140 Å². The molecule has 0 saturated carbocycles. The highest BCUT2D eigenvalue weighted by atomic mass is 16.3. The summed E-state index contributed by atoms with van der Waals surface area (Å²) in [6, 6.07) is 8.31. The molecule has 1 aliphatic heterocycles. The number of benzene rings is 1. The van der Waals surface area contributed by atoms with E-state index in [1.807, 2.05) is 43.0 Å². The third kappa shape index (κ3) is 5.33. The minimum atomic E-state index is -0.649. The summed E-state index contributed by atoms with van der Waals surface area (Å²) in [7, 11) is 4.16. The van der Waals surface area contributed by atoms with Crippen LogP contribution in [0.15, 0.2) is 24.3 Å². The predicted octanol–water partition coefficient (Wildman–Crippen LogP) is 2.56. The SMILES string of the molecule is CN(C)[C@@H]1CCCN(C(=O)c2ccc(CCC(C)(C)O)cc2)C1. The van der Waals surface area contributed by atoms with Crippen molar-refractivity contribution in [3.05, 3.63) is 35.4 Å². The van der Waals surface area contributed by atoms with E-state index in [9.17, 15) is 9.90 Å². The lowest BCUT2D eigenvalue weighted by Crippen LogP contribution is -2.47. The summed E-state index contributed by atoms with van der Waals surface area (Å²) in [4.78, 5) is 16.8. The lowest BCUT2D eigenvalue weighted by molar-refractivity contribution is 0.0634. The van der Waals surface area contributed by atoms with E-state index in [1.54, 1.807) is 0 Å². The van der Waals surface area contributed by atoms with Gasteiger partial charge in [-0.25, -0.2) is 0 Å². The highest BCUT2D eigenvalue weighted by Crippen LogP contribution is 2.18. The zero-order valence-electron chi connectivity index (χ0n) is 14.9. The minimum absolute atomic E-state index is 0.130. The Morgan fingerprint density at radius 1 is 1.30 bits per heavy atom. The Bertz CT molecular complexity index is 517. The summed E-state index contributed by atoms with van der Waals surface area (Å²) in [5, 5.41) is 9.80. The van der Waals surface area contributed by atoms with Crippen molar-refractivity contribution in [2.45, 2.75) is 51.2 Å². The van der Waals surface area contributed by atoms with E-state index in [0.29, 0.717) is 6.04 Å². The molecule has 1 heterocycles. The van der Waals surface area contributed by atoms with Gasteiger partial charge in [-0.15, -0.1) is 0 Å². The molecule has 1 aromatic rings. The highest BCUT2D eigenvalue weighted by molar-refractivity contribution is 5.94. The van der Waals surface area contributed by atoms with Crippen molar-refractivity contribution in [3.8, 4) is 0 Å². The molecule has 2 rings (SSSR count). The normalized spacial score (nSPS) is 19.2. The van der Waals surface area contributed by atoms with Gasteiger partial charge in [-0.3, -0.25) is 4.79 Å². The van der Waals surface area contributed by atoms with Crippen molar-refractivity contribution in [2.24, 2.45) is 0 Å². The number of amides is 1. The number of aliphatic hydroxyl groups is 1. The molecule has 1 aromatic carbocycles. The maximum Gasteiger partial charge on any atom is 0.253 e. The fraction of sp³-hybridized carbons (Fsp3) is 0.632. The molecule has 0 aromatic heterocycles. The van der Waals surface area contributed by atoms with Crippen LogP contribution in [0.5, 0.6) is 0 Å². The molecule has 23 heavy (non-hydrogen) atoms. The molecule has 0 radical (unpaired) electrons. The molecule has 1 aliphatic rings. The van der Waals surface area contributed by atoms with E-state index in [0.717, 1.165) is 49.9 Å². The van der Waals surface area contributed by atoms with Crippen LogP contribution in [0.25, 0.3) is 0 Å². The molecule has 4 heteroatoms. The molecular weight excluding hydrogens is 288 g/mol. The number of piperidine rings is 1. The molecule has 0 unspecified atom stereocenters. The van der Waals surface area contributed by atoms with Crippen molar-refractivity contribution in [3.63, 3.8) is 0 Å². The van der Waals surface area contributed by atoms with Crippen LogP contribution in [0.1, 0.15) is 49.0 Å². The van der Waals surface area contributed by atoms with E-state index >= 15 is 0 Å². The Balaban J connectivity index is 1.97. The summed E-state index contributed by atoms with van der Waals surface area (Å²) in [5.74, 6) is 0.130. The summed E-state index contributed by atoms with van der Waals surface area (Å²) in [6.07, 6.45) is 3.77. The van der Waals surface area contributed by atoms with Crippen molar-refractivity contribution >= 4 is 5.91 Å². The lowest BCUT2D eigenvalue weighted by Gasteiger charge is -2.36. The van der Waals surface area contributed by atoms with Crippen molar-refractivity contribution in [1.82, 2.24) is 9.80 Å². The largest absolute Gasteiger partial charge is 0.390 e. The first-order chi connectivity index (χ1) is 10.8. The Morgan fingerprint density at radius 3 is 2.52 bits per heavy atom. The smallest absolute Gasteiger partial charge is 0.253 e. The minimum Gasteiger partial charge on any atom is -0.390 e. The fourth-order valence-electron chi connectivity index (χ4n) is 3.01. The van der Waals surface area contributed by atoms with E-state index in [1.165, 1.54) is 0 Å². The van der Waals surface area contributed by atoms with Crippen LogP contribution in [0.3, 0.4) is 0 Å². The van der Waals surface area contributed by atoms with Crippen LogP contribution >= 0.6 is 0 Å². The number of carbonyl (C=O) groups is 1. The van der Waals surface area contributed by atoms with Gasteiger partial charge in [0.15, 0.2) is 0 Å². The first-order valence-corrected chi connectivity index (χ1v) is 8.53. The predicted molar refractivity (Wildman–Crippen MR) is 93.7 cm³/mol. The Hall–Kier alpha value is -1.39. The Morgan fingerprint density at radius 2 is 1.96 bits per heavy atom. The van der Waals surface area contributed by atoms with Crippen molar-refractivity contribution in [2.75, 3.05) is 27.2 Å². The number of hydrogen-bond donors (Lipinski definition) is 1. The summed E-state index contributed by atoms with van der Waals surface area (Å²) in [5.41, 5.74) is 1.27. The van der Waals surface area contributed by atoms with E-state index in [2.05, 4.69) is 19.0 Å². The first kappa shape index (κ1) is 18.0. The van der Waals surface area contributed by atoms with E-state index in [4.69, 9.17) is 0 Å². The summed E-state index contributed by atoms with van der Waals surface area (Å²) in [6.45, 7) is 5.31. The van der Waals surface area contributed by atoms with Gasteiger partial charge >= 0.3 is 0 Å². The second kappa shape index (κ2) is 7.45. The third-order valence-electron chi connectivity index (χ3n) is 4.64. The van der Waals surface area contributed by atoms with Crippen LogP contribution in [-0.2, 0) is 6.42 Å². The molecule has 0 aliphatic carbocycles. The van der Waals surface area contributed by atoms with Gasteiger partial charge in [-0.05, 0) is 71.3 Å². The Kier molecular flexibility index (Phi) is 5.82. The number of likely N-dealkylation sites (tertiary alicyclic amines) is 1. The summed E-state index contributed by atoms with van der Waals surface area (Å²) >= 11 is 0. The second-order valence-electron chi connectivity index (χ2n) is 7.52. The standard InChI is InChI=1S/C19H30N2O2/c1-19(2,23)12-11-15-7-9-16(10-8-15)18(22)21-13-5-6-17(14-21)20(3)4/h7-10,17,23H,5-6,11-14H2,1-4H3/t17-/m1/s1. The lowest BCUT2D eigenvalue weighted by atomic mass is 9.98. The average molecular weight is 318 g/mol. The number of likely N-dealkylation sites (N-methyl/N-ethyl adjacent to an activating group) is 1. The van der Waals surface area contributed by atoms with Gasteiger partial charge in [0.2, 0.25) is 0 Å². The zero-order chi connectivity index (χ0) is 17.0. The fourth-order valence-corrected chi connectivity index (χ4v) is 3.01. The van der Waals surface area contributed by atoms with Gasteiger partial charge in [0, 0.05) is 24.7 Å². The van der Waals surface area contributed by atoms with Crippen molar-refractivity contribution < 1.29 is 9.90 Å². The summed E-state index contributed by atoms with van der Waals surface area (Å²) < 4.78 is 0. The van der Waals surface area contributed by atoms with Crippen LogP contribution in [-0.4, -0.2) is 59.6 Å². The van der Waals surface area contributed by atoms with Gasteiger partial charge in [0.25, 0.3) is 5.91 Å². The van der Waals surface area contributed by atoms with Crippen LogP contribution < -0.4 is 0 Å². The molecule has 0 spiro atoms. The molecular formula is C19H30N2O2. The second-order valence-corrected chi connectivity index (χ2v) is 7.52. The van der Waals surface area contributed by atoms with Gasteiger partial charge < -0.3 is 14.9 Å². The zero-order valence-corrected chi connectivity index (χ0v) is 14.9. The molecule has 0 bridgehead atoms. The molecule has 1 fully saturated rings. The van der Waals surface area contributed by atoms with E-state index < -0.39 is 5.60 Å². The van der Waals surface area contributed by atoms with Gasteiger partial charge in [0.05, 0.1) is 5.60 Å². The molecule has 1 atom stereocenters. The maximum atomic E-state index is 12.7. The first-order valence-electron chi connectivity index (χ1n) is 8.53. The maximum absolute atomic E-state index is 12.7. The molecule has 4 nitrogen and oxygen atoms in total. The number of carbonyl (C=O) groups excluding carboxylic acids is 1. The number of aryl methyl sites for hydroxylation is 1. The third-order valence-corrected chi connectivity index (χ3v) is 4.64. The number of rotatable bonds is 5. The van der Waals surface area contributed by atoms with Gasteiger partial charge in [-0.2, -0.15) is 0 Å². The number of nitrogens with zero attached hydrogens (tertiary/aromatic N) is 2.